The van der Waals surface area contributed by atoms with E-state index in [-0.39, 0.29) is 12.1 Å². The largest absolute Gasteiger partial charge is 0.490 e. The number of aliphatic carboxylic acids is 2. The van der Waals surface area contributed by atoms with Crippen LogP contribution in [0.4, 0.5) is 13.2 Å². The summed E-state index contributed by atoms with van der Waals surface area (Å²) >= 11 is 0. The second-order valence-corrected chi connectivity index (χ2v) is 6.81. The molecule has 0 saturated carbocycles. The van der Waals surface area contributed by atoms with Gasteiger partial charge in [-0.15, -0.1) is 0 Å². The molecule has 1 atom stereocenters. The smallest absolute Gasteiger partial charge is 0.480 e. The van der Waals surface area contributed by atoms with Crippen molar-refractivity contribution in [1.29, 1.82) is 0 Å². The van der Waals surface area contributed by atoms with Crippen LogP contribution in [0.3, 0.4) is 0 Å². The van der Waals surface area contributed by atoms with E-state index in [1.807, 2.05) is 6.07 Å². The molecule has 11 nitrogen and oxygen atoms in total. The fourth-order valence-electron chi connectivity index (χ4n) is 3.09. The number of hydrogen-bond donors (Lipinski definition) is 3. The van der Waals surface area contributed by atoms with Crippen molar-refractivity contribution in [3.63, 3.8) is 0 Å². The normalized spacial score (nSPS) is 12.4. The number of pyridine rings is 2. The monoisotopic (exact) mass is 466 g/mol. The molecule has 174 valence electrons. The van der Waals surface area contributed by atoms with Gasteiger partial charge in [0.15, 0.2) is 11.3 Å². The minimum Gasteiger partial charge on any atom is -0.480 e. The lowest BCUT2D eigenvalue weighted by atomic mass is 10.1. The molecule has 33 heavy (non-hydrogen) atoms. The van der Waals surface area contributed by atoms with Gasteiger partial charge < -0.3 is 20.3 Å². The van der Waals surface area contributed by atoms with E-state index in [9.17, 15) is 22.8 Å². The number of nitrogens with two attached hydrogens (primary N) is 1. The maximum Gasteiger partial charge on any atom is 0.490 e. The van der Waals surface area contributed by atoms with Gasteiger partial charge in [-0.3, -0.25) is 9.36 Å². The van der Waals surface area contributed by atoms with Gasteiger partial charge in [0.2, 0.25) is 0 Å². The second kappa shape index (κ2) is 8.74. The quantitative estimate of drug-likeness (QED) is 0.401. The lowest BCUT2D eigenvalue weighted by Gasteiger charge is -2.12. The van der Waals surface area contributed by atoms with Crippen LogP contribution >= 0.6 is 0 Å². The summed E-state index contributed by atoms with van der Waals surface area (Å²) < 4.78 is 36.5. The molecule has 0 aliphatic carbocycles. The highest BCUT2D eigenvalue weighted by molar-refractivity contribution is 5.77. The van der Waals surface area contributed by atoms with Crippen molar-refractivity contribution in [2.75, 3.05) is 0 Å². The zero-order chi connectivity index (χ0) is 24.5. The highest BCUT2D eigenvalue weighted by Crippen LogP contribution is 2.20. The van der Waals surface area contributed by atoms with Crippen LogP contribution in [0.5, 0.6) is 0 Å². The average Bonchev–Trinajstić information content (AvgIpc) is 3.33. The van der Waals surface area contributed by atoms with Crippen LogP contribution in [0.2, 0.25) is 0 Å². The number of imidazole rings is 2. The molecule has 0 aliphatic heterocycles. The number of carboxylic acid groups (broad SMARTS) is 2. The summed E-state index contributed by atoms with van der Waals surface area (Å²) in [6, 6.07) is 6.06. The molecule has 4 aromatic rings. The Hall–Kier alpha value is -4.20. The second-order valence-electron chi connectivity index (χ2n) is 6.81. The van der Waals surface area contributed by atoms with Gasteiger partial charge in [-0.2, -0.15) is 13.2 Å². The summed E-state index contributed by atoms with van der Waals surface area (Å²) in [6.45, 7) is 0. The molecule has 4 N–H and O–H groups in total. The maximum atomic E-state index is 12.8. The van der Waals surface area contributed by atoms with Crippen LogP contribution < -0.4 is 11.4 Å². The minimum absolute atomic E-state index is 0.144. The van der Waals surface area contributed by atoms with Crippen molar-refractivity contribution in [3.05, 3.63) is 59.0 Å². The van der Waals surface area contributed by atoms with E-state index in [4.69, 9.17) is 20.7 Å². The SMILES string of the molecule is Cn1c(=O)n(-c2ccc(CC(N)C(=O)O)n3ccnc23)c2ncccc21.O=C(O)C(F)(F)F. The van der Waals surface area contributed by atoms with Crippen LogP contribution in [0.25, 0.3) is 22.5 Å². The topological polar surface area (TPSA) is 158 Å². The first-order valence-electron chi connectivity index (χ1n) is 9.19. The Morgan fingerprint density at radius 3 is 2.36 bits per heavy atom. The maximum absolute atomic E-state index is 12.8. The minimum atomic E-state index is -5.08. The Balaban J connectivity index is 0.000000383. The van der Waals surface area contributed by atoms with E-state index >= 15 is 0 Å². The van der Waals surface area contributed by atoms with Crippen molar-refractivity contribution >= 4 is 28.7 Å². The highest BCUT2D eigenvalue weighted by Gasteiger charge is 2.38. The van der Waals surface area contributed by atoms with Gasteiger partial charge in [0, 0.05) is 37.8 Å². The third kappa shape index (κ3) is 4.55. The van der Waals surface area contributed by atoms with E-state index in [1.54, 1.807) is 48.2 Å². The molecule has 0 fully saturated rings. The van der Waals surface area contributed by atoms with Gasteiger partial charge in [-0.25, -0.2) is 24.1 Å². The number of alkyl halides is 3. The van der Waals surface area contributed by atoms with Gasteiger partial charge in [0.25, 0.3) is 0 Å². The number of aryl methyl sites for hydroxylation is 1. The molecule has 0 aliphatic rings. The van der Waals surface area contributed by atoms with E-state index in [2.05, 4.69) is 9.97 Å². The molecular weight excluding hydrogens is 449 g/mol. The number of nitrogens with zero attached hydrogens (tertiary/aromatic N) is 5. The molecule has 0 aromatic carbocycles. The van der Waals surface area contributed by atoms with Gasteiger partial charge in [0.05, 0.1) is 11.2 Å². The van der Waals surface area contributed by atoms with Gasteiger partial charge in [-0.05, 0) is 24.3 Å². The molecule has 4 heterocycles. The summed E-state index contributed by atoms with van der Waals surface area (Å²) in [5.41, 5.74) is 8.44. The van der Waals surface area contributed by atoms with Crippen molar-refractivity contribution in [1.82, 2.24) is 23.5 Å². The van der Waals surface area contributed by atoms with E-state index in [0.29, 0.717) is 28.2 Å². The number of carboxylic acids is 2. The third-order valence-electron chi connectivity index (χ3n) is 4.66. The number of fused-ring (bicyclic) bond motifs is 2. The van der Waals surface area contributed by atoms with Crippen molar-refractivity contribution < 1.29 is 33.0 Å². The fourth-order valence-corrected chi connectivity index (χ4v) is 3.09. The molecule has 0 amide bonds. The van der Waals surface area contributed by atoms with Gasteiger partial charge in [-0.1, -0.05) is 0 Å². The number of aromatic nitrogens is 5. The predicted octanol–water partition coefficient (Wildman–Crippen LogP) is 0.960. The Morgan fingerprint density at radius 1 is 1.12 bits per heavy atom. The summed E-state index contributed by atoms with van der Waals surface area (Å²) in [5.74, 6) is -3.83. The van der Waals surface area contributed by atoms with Crippen LogP contribution in [0.1, 0.15) is 5.69 Å². The van der Waals surface area contributed by atoms with Crippen LogP contribution in [-0.2, 0) is 23.1 Å². The van der Waals surface area contributed by atoms with Gasteiger partial charge in [0.1, 0.15) is 6.04 Å². The first kappa shape index (κ1) is 23.5. The first-order valence-corrected chi connectivity index (χ1v) is 9.19. The summed E-state index contributed by atoms with van der Waals surface area (Å²) in [5, 5.41) is 16.2. The number of rotatable bonds is 4. The third-order valence-corrected chi connectivity index (χ3v) is 4.66. The van der Waals surface area contributed by atoms with E-state index in [1.165, 1.54) is 9.13 Å². The van der Waals surface area contributed by atoms with Crippen molar-refractivity contribution in [2.24, 2.45) is 12.8 Å². The van der Waals surface area contributed by atoms with Crippen molar-refractivity contribution in [2.45, 2.75) is 18.6 Å². The summed E-state index contributed by atoms with van der Waals surface area (Å²) in [4.78, 5) is 41.4. The standard InChI is InChI=1S/C17H16N6O3.C2HF3O2/c1-21-12-3-2-6-19-15(12)23(17(21)26)13-5-4-10(9-11(18)16(24)25)22-8-7-20-14(13)22;3-2(4,5)1(6)7/h2-8,11H,9,18H2,1H3,(H,24,25);(H,6,7). The molecule has 0 bridgehead atoms. The lowest BCUT2D eigenvalue weighted by molar-refractivity contribution is -0.192. The van der Waals surface area contributed by atoms with Crippen LogP contribution in [0.15, 0.2) is 47.7 Å². The Morgan fingerprint density at radius 2 is 1.76 bits per heavy atom. The molecular formula is C19H17F3N6O5. The number of carbonyl (C=O) groups is 2. The molecule has 0 radical (unpaired) electrons. The first-order chi connectivity index (χ1) is 15.4. The summed E-state index contributed by atoms with van der Waals surface area (Å²) in [6.07, 6.45) is -0.00298. The molecule has 4 aromatic heterocycles. The fraction of sp³-hybridized carbons (Fsp3) is 0.211. The molecule has 14 heteroatoms. The Labute approximate surface area is 182 Å². The van der Waals surface area contributed by atoms with E-state index < -0.39 is 24.2 Å². The molecule has 0 spiro atoms. The van der Waals surface area contributed by atoms with E-state index in [0.717, 1.165) is 0 Å². The number of hydrogen-bond acceptors (Lipinski definition) is 6. The van der Waals surface area contributed by atoms with Crippen LogP contribution in [0, 0.1) is 0 Å². The van der Waals surface area contributed by atoms with Crippen LogP contribution in [-0.4, -0.2) is 57.9 Å². The predicted molar refractivity (Wildman–Crippen MR) is 108 cm³/mol. The molecule has 0 saturated heterocycles. The number of halogens is 3. The summed E-state index contributed by atoms with van der Waals surface area (Å²) in [7, 11) is 1.69. The van der Waals surface area contributed by atoms with Crippen molar-refractivity contribution in [3.8, 4) is 5.69 Å². The lowest BCUT2D eigenvalue weighted by Crippen LogP contribution is -2.33. The highest BCUT2D eigenvalue weighted by atomic mass is 19.4. The average molecular weight is 466 g/mol. The molecule has 4 rings (SSSR count). The Kier molecular flexibility index (Phi) is 6.21. The Bertz CT molecular complexity index is 1400. The zero-order valence-electron chi connectivity index (χ0n) is 16.9. The zero-order valence-corrected chi connectivity index (χ0v) is 16.9. The molecule has 1 unspecified atom stereocenters. The van der Waals surface area contributed by atoms with Gasteiger partial charge >= 0.3 is 23.8 Å².